The van der Waals surface area contributed by atoms with Crippen molar-refractivity contribution >= 4 is 5.91 Å². The van der Waals surface area contributed by atoms with E-state index in [1.54, 1.807) is 11.8 Å². The lowest BCUT2D eigenvalue weighted by atomic mass is 10.1. The standard InChI is InChI=1S/C15H19F3N2O2/c1-10-8-12(15(16,17)18)9-13(21)20(10)11(2)14(22)19-6-4-3-5-7-19/h8-9,11H,3-7H2,1-2H3. The van der Waals surface area contributed by atoms with Crippen LogP contribution in [0.1, 0.15) is 43.5 Å². The molecule has 4 nitrogen and oxygen atoms in total. The van der Waals surface area contributed by atoms with Gasteiger partial charge in [0.15, 0.2) is 0 Å². The summed E-state index contributed by atoms with van der Waals surface area (Å²) in [5.41, 5.74) is -1.65. The largest absolute Gasteiger partial charge is 0.416 e. The molecule has 0 aliphatic carbocycles. The second kappa shape index (κ2) is 6.14. The Morgan fingerprint density at radius 1 is 1.18 bits per heavy atom. The predicted octanol–water partition coefficient (Wildman–Crippen LogP) is 2.75. The first-order valence-electron chi connectivity index (χ1n) is 7.31. The van der Waals surface area contributed by atoms with Crippen LogP contribution >= 0.6 is 0 Å². The van der Waals surface area contributed by atoms with Gasteiger partial charge in [0.05, 0.1) is 5.56 Å². The average molecular weight is 316 g/mol. The summed E-state index contributed by atoms with van der Waals surface area (Å²) < 4.78 is 39.3. The first kappa shape index (κ1) is 16.6. The van der Waals surface area contributed by atoms with Crippen LogP contribution in [0.5, 0.6) is 0 Å². The molecular weight excluding hydrogens is 297 g/mol. The maximum Gasteiger partial charge on any atom is 0.416 e. The van der Waals surface area contributed by atoms with Crippen molar-refractivity contribution in [3.63, 3.8) is 0 Å². The molecule has 1 aromatic heterocycles. The average Bonchev–Trinajstić information content (AvgIpc) is 2.45. The minimum absolute atomic E-state index is 0.137. The van der Waals surface area contributed by atoms with E-state index in [1.807, 2.05) is 0 Å². The number of aromatic nitrogens is 1. The Labute approximate surface area is 126 Å². The van der Waals surface area contributed by atoms with E-state index >= 15 is 0 Å². The van der Waals surface area contributed by atoms with Gasteiger partial charge in [0.2, 0.25) is 5.91 Å². The van der Waals surface area contributed by atoms with Crippen molar-refractivity contribution in [1.82, 2.24) is 9.47 Å². The lowest BCUT2D eigenvalue weighted by Crippen LogP contribution is -2.42. The molecule has 1 unspecified atom stereocenters. The smallest absolute Gasteiger partial charge is 0.341 e. The molecule has 22 heavy (non-hydrogen) atoms. The van der Waals surface area contributed by atoms with Gasteiger partial charge in [0.1, 0.15) is 6.04 Å². The molecule has 1 aliphatic heterocycles. The maximum atomic E-state index is 12.7. The van der Waals surface area contributed by atoms with Crippen LogP contribution in [0.2, 0.25) is 0 Å². The summed E-state index contributed by atoms with van der Waals surface area (Å²) in [5, 5.41) is 0. The molecule has 2 rings (SSSR count). The van der Waals surface area contributed by atoms with E-state index in [0.717, 1.165) is 29.9 Å². The highest BCUT2D eigenvalue weighted by Crippen LogP contribution is 2.29. The van der Waals surface area contributed by atoms with E-state index in [2.05, 4.69) is 0 Å². The number of piperidine rings is 1. The maximum absolute atomic E-state index is 12.7. The van der Waals surface area contributed by atoms with Crippen LogP contribution in [0.3, 0.4) is 0 Å². The summed E-state index contributed by atoms with van der Waals surface area (Å²) >= 11 is 0. The summed E-state index contributed by atoms with van der Waals surface area (Å²) in [5.74, 6) is -0.218. The third-order valence-corrected chi connectivity index (χ3v) is 4.00. The highest BCUT2D eigenvalue weighted by molar-refractivity contribution is 5.80. The van der Waals surface area contributed by atoms with Gasteiger partial charge in [-0.2, -0.15) is 13.2 Å². The molecule has 1 aliphatic rings. The topological polar surface area (TPSA) is 42.3 Å². The Kier molecular flexibility index (Phi) is 4.63. The number of alkyl halides is 3. The fourth-order valence-corrected chi connectivity index (χ4v) is 2.86. The first-order valence-corrected chi connectivity index (χ1v) is 7.31. The number of amides is 1. The van der Waals surface area contributed by atoms with Crippen molar-refractivity contribution in [3.05, 3.63) is 33.7 Å². The predicted molar refractivity (Wildman–Crippen MR) is 75.6 cm³/mol. The van der Waals surface area contributed by atoms with Gasteiger partial charge in [0.25, 0.3) is 5.56 Å². The molecule has 1 fully saturated rings. The summed E-state index contributed by atoms with van der Waals surface area (Å²) in [7, 11) is 0. The number of rotatable bonds is 2. The minimum Gasteiger partial charge on any atom is -0.341 e. The molecule has 1 aromatic rings. The number of carbonyl (C=O) groups is 1. The molecule has 7 heteroatoms. The van der Waals surface area contributed by atoms with Crippen molar-refractivity contribution in [2.45, 2.75) is 45.3 Å². The number of halogens is 3. The summed E-state index contributed by atoms with van der Waals surface area (Å²) in [6.07, 6.45) is -1.67. The van der Waals surface area contributed by atoms with E-state index in [-0.39, 0.29) is 11.6 Å². The fraction of sp³-hybridized carbons (Fsp3) is 0.600. The lowest BCUT2D eigenvalue weighted by molar-refractivity contribution is -0.137. The second-order valence-electron chi connectivity index (χ2n) is 5.65. The van der Waals surface area contributed by atoms with Gasteiger partial charge in [-0.05, 0) is 39.2 Å². The van der Waals surface area contributed by atoms with Gasteiger partial charge in [-0.3, -0.25) is 9.59 Å². The second-order valence-corrected chi connectivity index (χ2v) is 5.65. The monoisotopic (exact) mass is 316 g/mol. The molecule has 2 heterocycles. The van der Waals surface area contributed by atoms with Gasteiger partial charge in [-0.15, -0.1) is 0 Å². The molecular formula is C15H19F3N2O2. The highest BCUT2D eigenvalue weighted by atomic mass is 19.4. The zero-order valence-corrected chi connectivity index (χ0v) is 12.6. The van der Waals surface area contributed by atoms with Crippen LogP contribution in [-0.4, -0.2) is 28.5 Å². The van der Waals surface area contributed by atoms with E-state index in [9.17, 15) is 22.8 Å². The normalized spacial score (nSPS) is 17.4. The van der Waals surface area contributed by atoms with E-state index in [0.29, 0.717) is 19.2 Å². The molecule has 0 radical (unpaired) electrons. The molecule has 122 valence electrons. The Morgan fingerprint density at radius 2 is 1.77 bits per heavy atom. The number of pyridine rings is 1. The summed E-state index contributed by atoms with van der Waals surface area (Å²) in [4.78, 5) is 26.1. The molecule has 1 saturated heterocycles. The Hall–Kier alpha value is -1.79. The van der Waals surface area contributed by atoms with Crippen molar-refractivity contribution in [3.8, 4) is 0 Å². The molecule has 0 bridgehead atoms. The van der Waals surface area contributed by atoms with E-state index in [1.165, 1.54) is 6.92 Å². The van der Waals surface area contributed by atoms with Gasteiger partial charge in [-0.1, -0.05) is 0 Å². The molecule has 1 amide bonds. The number of hydrogen-bond donors (Lipinski definition) is 0. The molecule has 0 N–H and O–H groups in total. The fourth-order valence-electron chi connectivity index (χ4n) is 2.86. The van der Waals surface area contributed by atoms with Gasteiger partial charge < -0.3 is 9.47 Å². The number of hydrogen-bond acceptors (Lipinski definition) is 2. The van der Waals surface area contributed by atoms with E-state index < -0.39 is 23.3 Å². The minimum atomic E-state index is -4.57. The summed E-state index contributed by atoms with van der Waals surface area (Å²) in [6.45, 7) is 4.24. The lowest BCUT2D eigenvalue weighted by Gasteiger charge is -2.30. The van der Waals surface area contributed by atoms with Crippen LogP contribution in [0, 0.1) is 6.92 Å². The van der Waals surface area contributed by atoms with Crippen molar-refractivity contribution in [1.29, 1.82) is 0 Å². The van der Waals surface area contributed by atoms with E-state index in [4.69, 9.17) is 0 Å². The zero-order valence-electron chi connectivity index (χ0n) is 12.6. The van der Waals surface area contributed by atoms with Gasteiger partial charge in [0, 0.05) is 24.8 Å². The Balaban J connectivity index is 2.32. The number of nitrogens with zero attached hydrogens (tertiary/aromatic N) is 2. The quantitative estimate of drug-likeness (QED) is 0.842. The molecule has 0 saturated carbocycles. The van der Waals surface area contributed by atoms with Crippen LogP contribution in [0.15, 0.2) is 16.9 Å². The van der Waals surface area contributed by atoms with Crippen LogP contribution in [0.25, 0.3) is 0 Å². The van der Waals surface area contributed by atoms with Crippen molar-refractivity contribution in [2.75, 3.05) is 13.1 Å². The van der Waals surface area contributed by atoms with Gasteiger partial charge in [-0.25, -0.2) is 0 Å². The third kappa shape index (κ3) is 3.34. The summed E-state index contributed by atoms with van der Waals surface area (Å²) in [6, 6.07) is 0.654. The molecule has 0 aromatic carbocycles. The van der Waals surface area contributed by atoms with Crippen molar-refractivity contribution < 1.29 is 18.0 Å². The zero-order chi connectivity index (χ0) is 16.5. The SMILES string of the molecule is Cc1cc(C(F)(F)F)cc(=O)n1C(C)C(=O)N1CCCCC1. The number of likely N-dealkylation sites (tertiary alicyclic amines) is 1. The third-order valence-electron chi connectivity index (χ3n) is 4.00. The first-order chi connectivity index (χ1) is 10.2. The Bertz CT molecular complexity index is 616. The van der Waals surface area contributed by atoms with Crippen LogP contribution in [0.4, 0.5) is 13.2 Å². The van der Waals surface area contributed by atoms with Crippen LogP contribution < -0.4 is 5.56 Å². The molecule has 1 atom stereocenters. The van der Waals surface area contributed by atoms with Crippen molar-refractivity contribution in [2.24, 2.45) is 0 Å². The number of carbonyl (C=O) groups excluding carboxylic acids is 1. The van der Waals surface area contributed by atoms with Crippen LogP contribution in [-0.2, 0) is 11.0 Å². The highest BCUT2D eigenvalue weighted by Gasteiger charge is 2.33. The Morgan fingerprint density at radius 3 is 2.27 bits per heavy atom. The number of aryl methyl sites for hydroxylation is 1. The van der Waals surface area contributed by atoms with Gasteiger partial charge >= 0.3 is 6.18 Å². The molecule has 0 spiro atoms.